The highest BCUT2D eigenvalue weighted by atomic mass is 16.2. The van der Waals surface area contributed by atoms with Crippen molar-refractivity contribution >= 4 is 22.5 Å². The van der Waals surface area contributed by atoms with Gasteiger partial charge in [0, 0.05) is 24.6 Å². The second-order valence-electron chi connectivity index (χ2n) is 6.88. The quantitative estimate of drug-likeness (QED) is 0.775. The number of nitrogens with zero attached hydrogens (tertiary/aromatic N) is 2. The van der Waals surface area contributed by atoms with Crippen LogP contribution in [0.5, 0.6) is 0 Å². The third kappa shape index (κ3) is 2.45. The Labute approximate surface area is 146 Å². The van der Waals surface area contributed by atoms with Crippen molar-refractivity contribution in [2.24, 2.45) is 0 Å². The second-order valence-corrected chi connectivity index (χ2v) is 6.88. The fourth-order valence-electron chi connectivity index (χ4n) is 3.84. The number of aromatic nitrogens is 1. The van der Waals surface area contributed by atoms with Crippen LogP contribution >= 0.6 is 0 Å². The Morgan fingerprint density at radius 2 is 1.84 bits per heavy atom. The molecule has 124 valence electrons. The van der Waals surface area contributed by atoms with Gasteiger partial charge in [-0.25, -0.2) is 4.79 Å². The molecule has 2 aromatic carbocycles. The summed E-state index contributed by atoms with van der Waals surface area (Å²) in [5.41, 5.74) is 3.46. The summed E-state index contributed by atoms with van der Waals surface area (Å²) in [6.45, 7) is 0.622. The van der Waals surface area contributed by atoms with Crippen molar-refractivity contribution in [3.05, 3.63) is 72.1 Å². The Morgan fingerprint density at radius 3 is 2.68 bits per heavy atom. The summed E-state index contributed by atoms with van der Waals surface area (Å²) in [5, 5.41) is 5.34. The first-order chi connectivity index (χ1) is 12.3. The lowest BCUT2D eigenvalue weighted by atomic mass is 9.98. The molecule has 2 amide bonds. The van der Waals surface area contributed by atoms with E-state index in [1.54, 1.807) is 0 Å². The number of hydrogen-bond acceptors (Lipinski definition) is 2. The fraction of sp³-hybridized carbons (Fsp3) is 0.238. The Morgan fingerprint density at radius 1 is 1.00 bits per heavy atom. The van der Waals surface area contributed by atoms with Crippen molar-refractivity contribution in [2.75, 3.05) is 11.4 Å². The van der Waals surface area contributed by atoms with E-state index in [1.807, 2.05) is 35.5 Å². The third-order valence-electron chi connectivity index (χ3n) is 5.25. The van der Waals surface area contributed by atoms with Gasteiger partial charge in [-0.2, -0.15) is 0 Å². The molecule has 1 aliphatic carbocycles. The van der Waals surface area contributed by atoms with Gasteiger partial charge in [0.05, 0.1) is 6.04 Å². The van der Waals surface area contributed by atoms with Crippen molar-refractivity contribution in [3.63, 3.8) is 0 Å². The standard InChI is InChI=1S/C21H19N3O/c25-21-23-13-20(19-12-22-10-9-18(19)15-5-6-15)24(21)17-8-7-14-3-1-2-4-16(14)11-17/h1-4,7-12,15,20H,5-6,13H2,(H,23,25). The van der Waals surface area contributed by atoms with Gasteiger partial charge in [-0.05, 0) is 58.9 Å². The lowest BCUT2D eigenvalue weighted by Crippen LogP contribution is -2.30. The lowest BCUT2D eigenvalue weighted by Gasteiger charge is -2.25. The zero-order chi connectivity index (χ0) is 16.8. The van der Waals surface area contributed by atoms with Crippen LogP contribution in [-0.4, -0.2) is 17.6 Å². The monoisotopic (exact) mass is 329 g/mol. The number of anilines is 1. The topological polar surface area (TPSA) is 45.2 Å². The highest BCUT2D eigenvalue weighted by Gasteiger charge is 2.37. The zero-order valence-corrected chi connectivity index (χ0v) is 13.9. The summed E-state index contributed by atoms with van der Waals surface area (Å²) in [4.78, 5) is 18.8. The van der Waals surface area contributed by atoms with Crippen LogP contribution < -0.4 is 10.2 Å². The molecule has 1 aromatic heterocycles. The number of fused-ring (bicyclic) bond motifs is 1. The Kier molecular flexibility index (Phi) is 3.23. The molecular weight excluding hydrogens is 310 g/mol. The highest BCUT2D eigenvalue weighted by Crippen LogP contribution is 2.44. The fourth-order valence-corrected chi connectivity index (χ4v) is 3.84. The van der Waals surface area contributed by atoms with Crippen molar-refractivity contribution in [3.8, 4) is 0 Å². The first-order valence-corrected chi connectivity index (χ1v) is 8.81. The van der Waals surface area contributed by atoms with E-state index in [9.17, 15) is 4.79 Å². The molecule has 2 fully saturated rings. The Bertz CT molecular complexity index is 964. The molecule has 5 rings (SSSR count). The molecule has 1 saturated heterocycles. The Balaban J connectivity index is 1.59. The van der Waals surface area contributed by atoms with Crippen molar-refractivity contribution < 1.29 is 4.79 Å². The van der Waals surface area contributed by atoms with Gasteiger partial charge < -0.3 is 5.32 Å². The number of urea groups is 1. The van der Waals surface area contributed by atoms with Gasteiger partial charge in [0.2, 0.25) is 0 Å². The van der Waals surface area contributed by atoms with Crippen LogP contribution in [0.1, 0.15) is 35.9 Å². The van der Waals surface area contributed by atoms with Gasteiger partial charge in [0.15, 0.2) is 0 Å². The lowest BCUT2D eigenvalue weighted by molar-refractivity contribution is 0.251. The molecule has 4 nitrogen and oxygen atoms in total. The molecule has 1 atom stereocenters. The maximum atomic E-state index is 12.6. The van der Waals surface area contributed by atoms with E-state index in [2.05, 4.69) is 40.6 Å². The van der Waals surface area contributed by atoms with Gasteiger partial charge in [-0.1, -0.05) is 30.3 Å². The van der Waals surface area contributed by atoms with E-state index >= 15 is 0 Å². The van der Waals surface area contributed by atoms with E-state index in [4.69, 9.17) is 0 Å². The van der Waals surface area contributed by atoms with Crippen molar-refractivity contribution in [1.29, 1.82) is 0 Å². The largest absolute Gasteiger partial charge is 0.335 e. The second kappa shape index (κ2) is 5.59. The number of nitrogens with one attached hydrogen (secondary N) is 1. The summed E-state index contributed by atoms with van der Waals surface area (Å²) in [6, 6.07) is 16.5. The average Bonchev–Trinajstić information content (AvgIpc) is 3.43. The molecule has 4 heteroatoms. The minimum atomic E-state index is -0.0362. The summed E-state index contributed by atoms with van der Waals surface area (Å²) >= 11 is 0. The molecular formula is C21H19N3O. The SMILES string of the molecule is O=C1NCC(c2cnccc2C2CC2)N1c1ccc2ccccc2c1. The third-order valence-corrected chi connectivity index (χ3v) is 5.25. The summed E-state index contributed by atoms with van der Waals surface area (Å²) in [5.74, 6) is 0.632. The predicted octanol–water partition coefficient (Wildman–Crippen LogP) is 4.38. The maximum Gasteiger partial charge on any atom is 0.322 e. The van der Waals surface area contributed by atoms with Gasteiger partial charge in [0.25, 0.3) is 0 Å². The number of hydrogen-bond donors (Lipinski definition) is 1. The first kappa shape index (κ1) is 14.5. The average molecular weight is 329 g/mol. The van der Waals surface area contributed by atoms with Crippen LogP contribution in [0, 0.1) is 0 Å². The molecule has 1 N–H and O–H groups in total. The van der Waals surface area contributed by atoms with E-state index in [0.717, 1.165) is 11.1 Å². The first-order valence-electron chi connectivity index (χ1n) is 8.81. The summed E-state index contributed by atoms with van der Waals surface area (Å²) in [6.07, 6.45) is 6.27. The molecule has 0 radical (unpaired) electrons. The molecule has 1 unspecified atom stereocenters. The van der Waals surface area contributed by atoms with E-state index in [1.165, 1.54) is 29.4 Å². The van der Waals surface area contributed by atoms with E-state index in [-0.39, 0.29) is 12.1 Å². The van der Waals surface area contributed by atoms with Crippen LogP contribution in [-0.2, 0) is 0 Å². The number of benzene rings is 2. The van der Waals surface area contributed by atoms with Crippen LogP contribution in [0.4, 0.5) is 10.5 Å². The van der Waals surface area contributed by atoms with Crippen LogP contribution in [0.3, 0.4) is 0 Å². The number of pyridine rings is 1. The predicted molar refractivity (Wildman–Crippen MR) is 98.8 cm³/mol. The smallest absolute Gasteiger partial charge is 0.322 e. The molecule has 2 heterocycles. The molecule has 1 saturated carbocycles. The van der Waals surface area contributed by atoms with Gasteiger partial charge in [-0.15, -0.1) is 0 Å². The van der Waals surface area contributed by atoms with Gasteiger partial charge in [0.1, 0.15) is 0 Å². The Hall–Kier alpha value is -2.88. The summed E-state index contributed by atoms with van der Waals surface area (Å²) < 4.78 is 0. The molecule has 3 aromatic rings. The molecule has 2 aliphatic rings. The normalized spacial score (nSPS) is 20.1. The minimum Gasteiger partial charge on any atom is -0.335 e. The summed E-state index contributed by atoms with van der Waals surface area (Å²) in [7, 11) is 0. The molecule has 25 heavy (non-hydrogen) atoms. The van der Waals surface area contributed by atoms with E-state index in [0.29, 0.717) is 12.5 Å². The van der Waals surface area contributed by atoms with Crippen molar-refractivity contribution in [1.82, 2.24) is 10.3 Å². The number of amides is 2. The highest BCUT2D eigenvalue weighted by molar-refractivity contribution is 5.98. The molecule has 1 aliphatic heterocycles. The number of rotatable bonds is 3. The molecule has 0 spiro atoms. The van der Waals surface area contributed by atoms with Crippen LogP contribution in [0.15, 0.2) is 60.9 Å². The molecule has 0 bridgehead atoms. The maximum absolute atomic E-state index is 12.6. The van der Waals surface area contributed by atoms with Crippen LogP contribution in [0.2, 0.25) is 0 Å². The van der Waals surface area contributed by atoms with E-state index < -0.39 is 0 Å². The zero-order valence-electron chi connectivity index (χ0n) is 13.9. The van der Waals surface area contributed by atoms with Gasteiger partial charge >= 0.3 is 6.03 Å². The van der Waals surface area contributed by atoms with Crippen molar-refractivity contribution in [2.45, 2.75) is 24.8 Å². The van der Waals surface area contributed by atoms with Crippen LogP contribution in [0.25, 0.3) is 10.8 Å². The van der Waals surface area contributed by atoms with Gasteiger partial charge in [-0.3, -0.25) is 9.88 Å². The number of carbonyl (C=O) groups excluding carboxylic acids is 1. The number of carbonyl (C=O) groups is 1. The minimum absolute atomic E-state index is 0.00189.